The van der Waals surface area contributed by atoms with Gasteiger partial charge in [0, 0.05) is 6.42 Å². The zero-order chi connectivity index (χ0) is 5.98. The van der Waals surface area contributed by atoms with Crippen molar-refractivity contribution in [2.75, 3.05) is 0 Å². The van der Waals surface area contributed by atoms with Crippen LogP contribution < -0.4 is 0 Å². The first-order chi connectivity index (χ1) is 3.80. The van der Waals surface area contributed by atoms with E-state index in [0.29, 0.717) is 13.7 Å². The molecule has 1 rings (SSSR count). The molecule has 3 heteroatoms. The van der Waals surface area contributed by atoms with Crippen molar-refractivity contribution in [2.24, 2.45) is 0 Å². The molecule has 1 heterocycles. The van der Waals surface area contributed by atoms with E-state index < -0.39 is 0 Å². The van der Waals surface area contributed by atoms with E-state index in [9.17, 15) is 9.59 Å². The maximum absolute atomic E-state index is 10.4. The molecule has 0 saturated carbocycles. The van der Waals surface area contributed by atoms with Gasteiger partial charge in [-0.25, -0.2) is 0 Å². The summed E-state index contributed by atoms with van der Waals surface area (Å²) >= 11 is 0. The summed E-state index contributed by atoms with van der Waals surface area (Å²) in [6.45, 7) is 0. The minimum Gasteiger partial charge on any atom is -0.303 e. The average molecular weight is 110 g/mol. The Labute approximate surface area is 48.5 Å². The Morgan fingerprint density at radius 3 is 2.50 bits per heavy atom. The highest BCUT2D eigenvalue weighted by molar-refractivity contribution is 6.88. The van der Waals surface area contributed by atoms with Gasteiger partial charge in [-0.1, -0.05) is 12.7 Å². The number of hydrogen-bond donors (Lipinski definition) is 0. The fraction of sp³-hybridized carbons (Fsp3) is 0.600. The minimum atomic E-state index is -0.170. The van der Waals surface area contributed by atoms with Crippen LogP contribution in [-0.2, 0) is 9.59 Å². The van der Waals surface area contributed by atoms with Gasteiger partial charge in [-0.15, -0.1) is 0 Å². The normalized spacial score (nSPS) is 20.5. The predicted octanol–water partition coefficient (Wildman–Crippen LogP) is -0.269. The molecular formula is C5H7BO2. The molecule has 0 aliphatic carbocycles. The van der Waals surface area contributed by atoms with Crippen LogP contribution in [0.4, 0.5) is 0 Å². The van der Waals surface area contributed by atoms with Crippen LogP contribution in [0.1, 0.15) is 12.8 Å². The van der Waals surface area contributed by atoms with Gasteiger partial charge >= 0.3 is 0 Å². The molecule has 0 radical (unpaired) electrons. The lowest BCUT2D eigenvalue weighted by Crippen LogP contribution is -2.24. The van der Waals surface area contributed by atoms with Crippen molar-refractivity contribution in [2.45, 2.75) is 19.2 Å². The summed E-state index contributed by atoms with van der Waals surface area (Å²) in [7, 11) is 0.485. The third-order valence-corrected chi connectivity index (χ3v) is 1.37. The van der Waals surface area contributed by atoms with Crippen molar-refractivity contribution in [3.05, 3.63) is 0 Å². The largest absolute Gasteiger partial charge is 0.303 e. The highest BCUT2D eigenvalue weighted by Gasteiger charge is 2.18. The first kappa shape index (κ1) is 5.54. The second-order valence-electron chi connectivity index (χ2n) is 2.05. The Bertz CT molecular complexity index is 114. The highest BCUT2D eigenvalue weighted by atomic mass is 16.2. The van der Waals surface area contributed by atoms with Gasteiger partial charge in [0.2, 0.25) is 7.28 Å². The molecule has 0 bridgehead atoms. The number of hydrogen-bond acceptors (Lipinski definition) is 2. The molecule has 42 valence electrons. The molecule has 0 atom stereocenters. The van der Waals surface area contributed by atoms with E-state index in [-0.39, 0.29) is 11.5 Å². The third-order valence-electron chi connectivity index (χ3n) is 1.37. The van der Waals surface area contributed by atoms with Crippen molar-refractivity contribution >= 4 is 18.7 Å². The first-order valence-electron chi connectivity index (χ1n) is 2.87. The Kier molecular flexibility index (Phi) is 1.46. The quantitative estimate of drug-likeness (QED) is 0.317. The van der Waals surface area contributed by atoms with E-state index >= 15 is 0 Å². The smallest absolute Gasteiger partial charge is 0.216 e. The molecular weight excluding hydrogens is 103 g/mol. The predicted molar refractivity (Wildman–Crippen MR) is 31.2 cm³/mol. The van der Waals surface area contributed by atoms with Crippen molar-refractivity contribution in [3.8, 4) is 0 Å². The van der Waals surface area contributed by atoms with Crippen LogP contribution in [0.3, 0.4) is 0 Å². The summed E-state index contributed by atoms with van der Waals surface area (Å²) in [5, 5.41) is 0. The van der Waals surface area contributed by atoms with Crippen molar-refractivity contribution in [3.63, 3.8) is 0 Å². The van der Waals surface area contributed by atoms with Gasteiger partial charge in [0.25, 0.3) is 0 Å². The summed E-state index contributed by atoms with van der Waals surface area (Å²) in [6.07, 6.45) is 2.30. The van der Waals surface area contributed by atoms with Crippen LogP contribution >= 0.6 is 0 Å². The molecule has 0 aromatic carbocycles. The van der Waals surface area contributed by atoms with Gasteiger partial charge in [0.15, 0.2) is 11.5 Å². The lowest BCUT2D eigenvalue weighted by atomic mass is 9.63. The fourth-order valence-electron chi connectivity index (χ4n) is 0.850. The topological polar surface area (TPSA) is 34.1 Å². The van der Waals surface area contributed by atoms with Crippen molar-refractivity contribution in [1.29, 1.82) is 0 Å². The van der Waals surface area contributed by atoms with Crippen LogP contribution in [-0.4, -0.2) is 18.7 Å². The maximum Gasteiger partial charge on any atom is 0.216 e. The third kappa shape index (κ3) is 0.969. The van der Waals surface area contributed by atoms with E-state index in [4.69, 9.17) is 0 Å². The maximum atomic E-state index is 10.4. The number of carbonyl (C=O) groups excluding carboxylic acids is 2. The highest BCUT2D eigenvalue weighted by Crippen LogP contribution is 2.03. The van der Waals surface area contributed by atoms with E-state index in [1.54, 1.807) is 0 Å². The van der Waals surface area contributed by atoms with Crippen LogP contribution in [0.5, 0.6) is 0 Å². The molecule has 0 aromatic heterocycles. The summed E-state index contributed by atoms with van der Waals surface area (Å²) in [6, 6.07) is 0. The Hall–Kier alpha value is -0.595. The van der Waals surface area contributed by atoms with Crippen LogP contribution in [0.25, 0.3) is 0 Å². The standard InChI is InChI=1S/C5H7BO2/c7-4-2-1-3-6-5(4)8/h6H,1-3H2. The van der Waals surface area contributed by atoms with E-state index in [0.717, 1.165) is 12.7 Å². The molecule has 1 fully saturated rings. The minimum absolute atomic E-state index is 0.170. The zero-order valence-corrected chi connectivity index (χ0v) is 4.64. The van der Waals surface area contributed by atoms with E-state index in [1.165, 1.54) is 0 Å². The van der Waals surface area contributed by atoms with Crippen molar-refractivity contribution in [1.82, 2.24) is 0 Å². The molecule has 1 saturated heterocycles. The second-order valence-corrected chi connectivity index (χ2v) is 2.05. The van der Waals surface area contributed by atoms with Gasteiger partial charge in [0.05, 0.1) is 0 Å². The van der Waals surface area contributed by atoms with Crippen LogP contribution in [0, 0.1) is 0 Å². The number of ketones is 1. The summed E-state index contributed by atoms with van der Waals surface area (Å²) in [5.74, 6) is -0.170. The fourth-order valence-corrected chi connectivity index (χ4v) is 0.850. The number of carbonyl (C=O) groups is 2. The second kappa shape index (κ2) is 2.12. The molecule has 2 nitrogen and oxygen atoms in total. The molecule has 1 aliphatic rings. The summed E-state index contributed by atoms with van der Waals surface area (Å²) < 4.78 is 0. The molecule has 8 heavy (non-hydrogen) atoms. The SMILES string of the molecule is O=C1BCCCC1=O. The Morgan fingerprint density at radius 2 is 2.12 bits per heavy atom. The van der Waals surface area contributed by atoms with Gasteiger partial charge in [-0.05, 0) is 0 Å². The van der Waals surface area contributed by atoms with Gasteiger partial charge in [0.1, 0.15) is 0 Å². The molecule has 0 amide bonds. The molecule has 1 aliphatic heterocycles. The van der Waals surface area contributed by atoms with Gasteiger partial charge in [-0.3, -0.25) is 4.79 Å². The van der Waals surface area contributed by atoms with Gasteiger partial charge in [-0.2, -0.15) is 0 Å². The zero-order valence-electron chi connectivity index (χ0n) is 4.64. The van der Waals surface area contributed by atoms with Crippen LogP contribution in [0.2, 0.25) is 6.32 Å². The lowest BCUT2D eigenvalue weighted by Gasteiger charge is -2.03. The Morgan fingerprint density at radius 1 is 1.38 bits per heavy atom. The average Bonchev–Trinajstić information content (AvgIpc) is 1.77. The van der Waals surface area contributed by atoms with Crippen molar-refractivity contribution < 1.29 is 9.59 Å². The monoisotopic (exact) mass is 110 g/mol. The first-order valence-corrected chi connectivity index (χ1v) is 2.87. The summed E-state index contributed by atoms with van der Waals surface area (Å²) in [5.41, 5.74) is -0.170. The van der Waals surface area contributed by atoms with E-state index in [1.807, 2.05) is 0 Å². The van der Waals surface area contributed by atoms with E-state index in [2.05, 4.69) is 0 Å². The molecule has 0 spiro atoms. The van der Waals surface area contributed by atoms with Gasteiger partial charge < -0.3 is 4.79 Å². The number of rotatable bonds is 0. The summed E-state index contributed by atoms with van der Waals surface area (Å²) in [4.78, 5) is 20.9. The lowest BCUT2D eigenvalue weighted by molar-refractivity contribution is -0.132. The molecule has 0 aromatic rings. The Balaban J connectivity index is 2.52. The van der Waals surface area contributed by atoms with Crippen LogP contribution in [0.15, 0.2) is 0 Å². The number of Topliss-reactive ketones (excluding diaryl/α,β-unsaturated/α-hetero) is 1. The molecule has 0 unspecified atom stereocenters. The molecule has 0 N–H and O–H groups in total.